The summed E-state index contributed by atoms with van der Waals surface area (Å²) in [6.07, 6.45) is 0. The van der Waals surface area contributed by atoms with Gasteiger partial charge >= 0.3 is 0 Å². The summed E-state index contributed by atoms with van der Waals surface area (Å²) < 4.78 is 4.34. The predicted octanol–water partition coefficient (Wildman–Crippen LogP) is 2.99. The molecule has 0 aromatic rings. The predicted molar refractivity (Wildman–Crippen MR) is 87.1 cm³/mol. The van der Waals surface area contributed by atoms with Crippen LogP contribution in [-0.2, 0) is 0 Å². The first kappa shape index (κ1) is 19.0. The summed E-state index contributed by atoms with van der Waals surface area (Å²) >= 11 is 0. The Kier molecular flexibility index (Phi) is 9.81. The fraction of sp³-hybridized carbons (Fsp3) is 1.00. The van der Waals surface area contributed by atoms with Crippen molar-refractivity contribution in [3.63, 3.8) is 0 Å². The monoisotopic (exact) mass is 288 g/mol. The highest BCUT2D eigenvalue weighted by Gasteiger charge is 2.43. The van der Waals surface area contributed by atoms with E-state index in [2.05, 4.69) is 70.0 Å². The first-order chi connectivity index (χ1) is 9.12. The van der Waals surface area contributed by atoms with Crippen LogP contribution in [0.5, 0.6) is 0 Å². The van der Waals surface area contributed by atoms with Gasteiger partial charge in [0.25, 0.3) is 0 Å². The number of rotatable bonds is 11. The lowest BCUT2D eigenvalue weighted by molar-refractivity contribution is -0.155. The van der Waals surface area contributed by atoms with E-state index in [-0.39, 0.29) is 5.79 Å². The summed E-state index contributed by atoms with van der Waals surface area (Å²) in [7, 11) is 3.36. The van der Waals surface area contributed by atoms with Crippen LogP contribution in [0.4, 0.5) is 0 Å². The third-order valence-corrected chi connectivity index (χ3v) is 4.26. The molecule has 5 heteroatoms. The van der Waals surface area contributed by atoms with E-state index in [1.807, 2.05) is 0 Å². The van der Waals surface area contributed by atoms with Gasteiger partial charge in [-0.2, -0.15) is 0 Å². The van der Waals surface area contributed by atoms with E-state index in [0.717, 1.165) is 45.8 Å². The van der Waals surface area contributed by atoms with Gasteiger partial charge in [-0.05, 0) is 48.3 Å². The van der Waals surface area contributed by atoms with Crippen molar-refractivity contribution in [1.29, 1.82) is 0 Å². The van der Waals surface area contributed by atoms with Gasteiger partial charge in [-0.15, -0.1) is 0 Å². The summed E-state index contributed by atoms with van der Waals surface area (Å²) in [4.78, 5) is 7.57. The molecule has 0 rings (SSSR count). The molecule has 0 unspecified atom stereocenters. The summed E-state index contributed by atoms with van der Waals surface area (Å²) in [6.45, 7) is 20.4. The Labute approximate surface area is 122 Å². The number of hydrogen-bond donors (Lipinski definition) is 0. The van der Waals surface area contributed by atoms with Gasteiger partial charge in [-0.1, -0.05) is 41.5 Å². The van der Waals surface area contributed by atoms with Crippen molar-refractivity contribution in [2.24, 2.45) is 4.74 Å². The fourth-order valence-corrected chi connectivity index (χ4v) is 3.41. The minimum Gasteiger partial charge on any atom is -0.272 e. The van der Waals surface area contributed by atoms with Crippen molar-refractivity contribution in [3.05, 3.63) is 0 Å². The van der Waals surface area contributed by atoms with Crippen molar-refractivity contribution < 1.29 is 0 Å². The van der Waals surface area contributed by atoms with Gasteiger partial charge in [0.15, 0.2) is 5.79 Å². The van der Waals surface area contributed by atoms with E-state index in [0.29, 0.717) is 0 Å². The Morgan fingerprint density at radius 1 is 0.684 bits per heavy atom. The first-order valence-electron chi connectivity index (χ1n) is 7.70. The van der Waals surface area contributed by atoms with Gasteiger partial charge in [-0.3, -0.25) is 19.4 Å². The second-order valence-electron chi connectivity index (χ2n) is 4.61. The molecule has 0 atom stereocenters. The third kappa shape index (κ3) is 3.98. The normalized spacial score (nSPS) is 12.7. The molecule has 4 nitrogen and oxygen atoms in total. The Bertz CT molecular complexity index is 204. The molecule has 0 saturated carbocycles. The fourth-order valence-electron chi connectivity index (χ4n) is 3.20. The van der Waals surface area contributed by atoms with Crippen LogP contribution in [0.3, 0.4) is 0 Å². The molecule has 0 aromatic carbocycles. The first-order valence-corrected chi connectivity index (χ1v) is 8.15. The van der Waals surface area contributed by atoms with Crippen molar-refractivity contribution in [1.82, 2.24) is 14.7 Å². The molecule has 0 heterocycles. The van der Waals surface area contributed by atoms with Crippen LogP contribution in [0.15, 0.2) is 4.74 Å². The zero-order valence-corrected chi connectivity index (χ0v) is 14.7. The van der Waals surface area contributed by atoms with Crippen molar-refractivity contribution in [2.75, 3.05) is 45.8 Å². The van der Waals surface area contributed by atoms with Gasteiger partial charge in [0, 0.05) is 0 Å². The summed E-state index contributed by atoms with van der Waals surface area (Å²) in [6, 6.07) is 0. The Hall–Kier alpha value is -0.0200. The van der Waals surface area contributed by atoms with E-state index in [1.54, 1.807) is 0 Å². The highest BCUT2D eigenvalue weighted by atomic mass is 31.0. The molecular formula is C14H33N4P. The highest BCUT2D eigenvalue weighted by molar-refractivity contribution is 7.03. The molecule has 0 saturated heterocycles. The van der Waals surface area contributed by atoms with E-state index in [9.17, 15) is 0 Å². The zero-order chi connectivity index (χ0) is 14.9. The van der Waals surface area contributed by atoms with Crippen molar-refractivity contribution in [2.45, 2.75) is 47.3 Å². The molecule has 0 amide bonds. The molecule has 0 N–H and O–H groups in total. The van der Waals surface area contributed by atoms with Gasteiger partial charge < -0.3 is 0 Å². The Balaban J connectivity index is 5.74. The Morgan fingerprint density at radius 3 is 1.11 bits per heavy atom. The molecule has 114 valence electrons. The molecule has 0 spiro atoms. The van der Waals surface area contributed by atoms with E-state index >= 15 is 0 Å². The van der Waals surface area contributed by atoms with Crippen LogP contribution in [0.2, 0.25) is 0 Å². The van der Waals surface area contributed by atoms with Gasteiger partial charge in [0.1, 0.15) is 0 Å². The standard InChI is InChI=1S/C14H33N4P/c1-7-16(8-2)14(13-15-19,17(9-3)10-4)18(11-5)12-6/h19H,7-13H2,1-6H3. The minimum absolute atomic E-state index is 0.113. The number of nitrogens with zero attached hydrogens (tertiary/aromatic N) is 4. The van der Waals surface area contributed by atoms with Crippen LogP contribution >= 0.6 is 9.03 Å². The number of hydrogen-bond acceptors (Lipinski definition) is 4. The van der Waals surface area contributed by atoms with Crippen molar-refractivity contribution >= 4 is 9.03 Å². The van der Waals surface area contributed by atoms with Crippen LogP contribution in [0.1, 0.15) is 41.5 Å². The second-order valence-corrected chi connectivity index (χ2v) is 4.92. The quantitative estimate of drug-likeness (QED) is 0.431. The van der Waals surface area contributed by atoms with Crippen LogP contribution in [0.25, 0.3) is 0 Å². The topological polar surface area (TPSA) is 22.1 Å². The molecule has 0 aliphatic heterocycles. The van der Waals surface area contributed by atoms with Gasteiger partial charge in [0.2, 0.25) is 0 Å². The van der Waals surface area contributed by atoms with Gasteiger partial charge in [-0.25, -0.2) is 0 Å². The Morgan fingerprint density at radius 2 is 0.947 bits per heavy atom. The highest BCUT2D eigenvalue weighted by Crippen LogP contribution is 2.26. The molecule has 0 bridgehead atoms. The molecule has 0 radical (unpaired) electrons. The van der Waals surface area contributed by atoms with Crippen molar-refractivity contribution in [3.8, 4) is 0 Å². The maximum Gasteiger partial charge on any atom is 0.151 e. The molecule has 0 aliphatic carbocycles. The van der Waals surface area contributed by atoms with Crippen LogP contribution in [0, 0.1) is 0 Å². The molecule has 19 heavy (non-hydrogen) atoms. The van der Waals surface area contributed by atoms with E-state index < -0.39 is 0 Å². The largest absolute Gasteiger partial charge is 0.272 e. The lowest BCUT2D eigenvalue weighted by atomic mass is 10.1. The van der Waals surface area contributed by atoms with Gasteiger partial charge in [0.05, 0.1) is 6.54 Å². The molecule has 0 aromatic heterocycles. The maximum atomic E-state index is 4.34. The SMILES string of the molecule is CCN(CC)C(CN=P)(N(CC)CC)N(CC)CC. The van der Waals surface area contributed by atoms with Crippen LogP contribution < -0.4 is 0 Å². The minimum atomic E-state index is -0.113. The summed E-state index contributed by atoms with van der Waals surface area (Å²) in [5.41, 5.74) is 0. The van der Waals surface area contributed by atoms with Crippen LogP contribution in [-0.4, -0.2) is 66.3 Å². The average molecular weight is 288 g/mol. The molecule has 0 fully saturated rings. The smallest absolute Gasteiger partial charge is 0.151 e. The molecular weight excluding hydrogens is 255 g/mol. The third-order valence-electron chi connectivity index (χ3n) is 4.10. The maximum absolute atomic E-state index is 4.34. The lowest BCUT2D eigenvalue weighted by Gasteiger charge is -2.55. The summed E-state index contributed by atoms with van der Waals surface area (Å²) in [5.74, 6) is -0.113. The number of likely N-dealkylation sites (N-methyl/N-ethyl adjacent to an activating group) is 3. The second kappa shape index (κ2) is 9.82. The zero-order valence-electron chi connectivity index (χ0n) is 13.7. The van der Waals surface area contributed by atoms with E-state index in [1.165, 1.54) is 0 Å². The van der Waals surface area contributed by atoms with E-state index in [4.69, 9.17) is 0 Å². The average Bonchev–Trinajstić information content (AvgIpc) is 2.42. The molecule has 0 aliphatic rings. The lowest BCUT2D eigenvalue weighted by Crippen LogP contribution is -2.71. The summed E-state index contributed by atoms with van der Waals surface area (Å²) in [5, 5.41) is 0.